The van der Waals surface area contributed by atoms with Crippen LogP contribution in [0.25, 0.3) is 0 Å². The summed E-state index contributed by atoms with van der Waals surface area (Å²) in [6.07, 6.45) is -4.01. The Bertz CT molecular complexity index is 575. The van der Waals surface area contributed by atoms with Crippen molar-refractivity contribution in [3.8, 4) is 11.8 Å². The van der Waals surface area contributed by atoms with Gasteiger partial charge in [-0.2, -0.15) is 26.9 Å². The maximum atomic E-state index is 12.2. The first-order valence-corrected chi connectivity index (χ1v) is 5.83. The van der Waals surface area contributed by atoms with Gasteiger partial charge in [-0.15, -0.1) is 0 Å². The zero-order valence-corrected chi connectivity index (χ0v) is 9.13. The van der Waals surface area contributed by atoms with Crippen molar-refractivity contribution in [2.24, 2.45) is 0 Å². The van der Waals surface area contributed by atoms with Gasteiger partial charge in [0.05, 0.1) is 6.26 Å². The summed E-state index contributed by atoms with van der Waals surface area (Å²) in [4.78, 5) is 2.97. The van der Waals surface area contributed by atoms with Gasteiger partial charge in [0.15, 0.2) is 11.4 Å². The van der Waals surface area contributed by atoms with E-state index in [2.05, 4.69) is 9.17 Å². The molecular formula is C8H5F3N2O3S. The molecule has 0 amide bonds. The fourth-order valence-corrected chi connectivity index (χ4v) is 1.38. The van der Waals surface area contributed by atoms with E-state index in [-0.39, 0.29) is 0 Å². The predicted molar refractivity (Wildman–Crippen MR) is 49.4 cm³/mol. The largest absolute Gasteiger partial charge is 0.433 e. The van der Waals surface area contributed by atoms with Crippen molar-refractivity contribution < 1.29 is 25.8 Å². The first-order chi connectivity index (χ1) is 7.63. The SMILES string of the molecule is CS(=O)(=O)Oc1ccc(C(F)(F)F)nc1C#N. The summed E-state index contributed by atoms with van der Waals surface area (Å²) < 4.78 is 62.6. The predicted octanol–water partition coefficient (Wildman–Crippen LogP) is 1.31. The van der Waals surface area contributed by atoms with E-state index >= 15 is 0 Å². The lowest BCUT2D eigenvalue weighted by molar-refractivity contribution is -0.141. The zero-order chi connectivity index (χ0) is 13.3. The number of aromatic nitrogens is 1. The minimum atomic E-state index is -4.71. The molecule has 17 heavy (non-hydrogen) atoms. The molecule has 0 aliphatic heterocycles. The van der Waals surface area contributed by atoms with Crippen molar-refractivity contribution in [3.63, 3.8) is 0 Å². The van der Waals surface area contributed by atoms with Crippen LogP contribution in [-0.2, 0) is 16.3 Å². The van der Waals surface area contributed by atoms with Crippen LogP contribution in [0.3, 0.4) is 0 Å². The molecule has 5 nitrogen and oxygen atoms in total. The number of rotatable bonds is 2. The number of nitriles is 1. The second-order valence-corrected chi connectivity index (χ2v) is 4.52. The van der Waals surface area contributed by atoms with Crippen LogP contribution in [0.4, 0.5) is 13.2 Å². The molecule has 0 radical (unpaired) electrons. The van der Waals surface area contributed by atoms with Crippen molar-refractivity contribution in [1.29, 1.82) is 5.26 Å². The maximum Gasteiger partial charge on any atom is 0.433 e. The zero-order valence-electron chi connectivity index (χ0n) is 8.32. The van der Waals surface area contributed by atoms with Crippen LogP contribution in [0.5, 0.6) is 5.75 Å². The molecule has 0 aromatic carbocycles. The van der Waals surface area contributed by atoms with Gasteiger partial charge in [-0.25, -0.2) is 4.98 Å². The molecule has 0 saturated carbocycles. The Morgan fingerprint density at radius 3 is 2.41 bits per heavy atom. The van der Waals surface area contributed by atoms with Crippen LogP contribution in [0.2, 0.25) is 0 Å². The fourth-order valence-electron chi connectivity index (χ4n) is 0.915. The van der Waals surface area contributed by atoms with E-state index in [4.69, 9.17) is 5.26 Å². The Morgan fingerprint density at radius 2 is 2.00 bits per heavy atom. The topological polar surface area (TPSA) is 80.1 Å². The summed E-state index contributed by atoms with van der Waals surface area (Å²) in [5.74, 6) is -0.539. The quantitative estimate of drug-likeness (QED) is 0.754. The molecule has 1 aromatic rings. The Balaban J connectivity index is 3.26. The molecule has 1 rings (SSSR count). The Labute approximate surface area is 94.6 Å². The van der Waals surface area contributed by atoms with E-state index < -0.39 is 33.4 Å². The van der Waals surface area contributed by atoms with E-state index in [1.165, 1.54) is 6.07 Å². The third kappa shape index (κ3) is 3.60. The molecular weight excluding hydrogens is 261 g/mol. The average Bonchev–Trinajstić information content (AvgIpc) is 2.14. The van der Waals surface area contributed by atoms with E-state index in [9.17, 15) is 21.6 Å². The third-order valence-corrected chi connectivity index (χ3v) is 1.98. The van der Waals surface area contributed by atoms with Crippen LogP contribution >= 0.6 is 0 Å². The normalized spacial score (nSPS) is 11.9. The van der Waals surface area contributed by atoms with Crippen molar-refractivity contribution >= 4 is 10.1 Å². The van der Waals surface area contributed by atoms with Gasteiger partial charge in [-0.3, -0.25) is 0 Å². The lowest BCUT2D eigenvalue weighted by Crippen LogP contribution is -2.12. The standard InChI is InChI=1S/C8H5F3N2O3S/c1-17(14,15)16-6-2-3-7(8(9,10)11)13-5(6)4-12/h2-3H,1H3. The molecule has 0 saturated heterocycles. The van der Waals surface area contributed by atoms with Crippen LogP contribution in [0, 0.1) is 11.3 Å². The second kappa shape index (κ2) is 4.21. The molecule has 0 atom stereocenters. The van der Waals surface area contributed by atoms with E-state index in [1.807, 2.05) is 0 Å². The monoisotopic (exact) mass is 266 g/mol. The highest BCUT2D eigenvalue weighted by molar-refractivity contribution is 7.86. The average molecular weight is 266 g/mol. The van der Waals surface area contributed by atoms with Gasteiger partial charge >= 0.3 is 16.3 Å². The summed E-state index contributed by atoms with van der Waals surface area (Å²) in [7, 11) is -3.93. The van der Waals surface area contributed by atoms with Crippen LogP contribution in [-0.4, -0.2) is 19.7 Å². The molecule has 0 spiro atoms. The van der Waals surface area contributed by atoms with Crippen LogP contribution in [0.15, 0.2) is 12.1 Å². The first kappa shape index (κ1) is 13.2. The number of pyridine rings is 1. The summed E-state index contributed by atoms with van der Waals surface area (Å²) in [6, 6.07) is 2.59. The Morgan fingerprint density at radius 1 is 1.41 bits per heavy atom. The number of halogens is 3. The lowest BCUT2D eigenvalue weighted by Gasteiger charge is -2.08. The molecule has 0 N–H and O–H groups in total. The van der Waals surface area contributed by atoms with Gasteiger partial charge in [0.1, 0.15) is 11.8 Å². The van der Waals surface area contributed by atoms with Gasteiger partial charge in [0, 0.05) is 0 Å². The van der Waals surface area contributed by atoms with Crippen molar-refractivity contribution in [1.82, 2.24) is 4.98 Å². The Kier molecular flexibility index (Phi) is 3.28. The smallest absolute Gasteiger partial charge is 0.379 e. The number of nitrogens with zero attached hydrogens (tertiary/aromatic N) is 2. The molecule has 0 unspecified atom stereocenters. The molecule has 9 heteroatoms. The number of hydrogen-bond donors (Lipinski definition) is 0. The number of alkyl halides is 3. The maximum absolute atomic E-state index is 12.2. The fraction of sp³-hybridized carbons (Fsp3) is 0.250. The van der Waals surface area contributed by atoms with Crippen molar-refractivity contribution in [2.45, 2.75) is 6.18 Å². The van der Waals surface area contributed by atoms with E-state index in [1.54, 1.807) is 0 Å². The highest BCUT2D eigenvalue weighted by Gasteiger charge is 2.33. The van der Waals surface area contributed by atoms with Crippen LogP contribution < -0.4 is 4.18 Å². The molecule has 0 aliphatic rings. The Hall–Kier alpha value is -1.82. The molecule has 92 valence electrons. The highest BCUT2D eigenvalue weighted by atomic mass is 32.2. The number of hydrogen-bond acceptors (Lipinski definition) is 5. The van der Waals surface area contributed by atoms with Gasteiger partial charge in [-0.05, 0) is 12.1 Å². The highest BCUT2D eigenvalue weighted by Crippen LogP contribution is 2.30. The van der Waals surface area contributed by atoms with E-state index in [0.29, 0.717) is 12.3 Å². The first-order valence-electron chi connectivity index (χ1n) is 4.01. The third-order valence-electron chi connectivity index (χ3n) is 1.50. The molecule has 0 aliphatic carbocycles. The molecule has 1 aromatic heterocycles. The van der Waals surface area contributed by atoms with Gasteiger partial charge in [0.2, 0.25) is 0 Å². The summed E-state index contributed by atoms with van der Waals surface area (Å²) >= 11 is 0. The van der Waals surface area contributed by atoms with Gasteiger partial charge in [0.25, 0.3) is 0 Å². The minimum absolute atomic E-state index is 0.529. The van der Waals surface area contributed by atoms with E-state index in [0.717, 1.165) is 6.07 Å². The van der Waals surface area contributed by atoms with Crippen LogP contribution in [0.1, 0.15) is 11.4 Å². The molecule has 0 fully saturated rings. The summed E-state index contributed by atoms with van der Waals surface area (Å²) in [5.41, 5.74) is -2.04. The summed E-state index contributed by atoms with van der Waals surface area (Å²) in [6.45, 7) is 0. The van der Waals surface area contributed by atoms with Crippen molar-refractivity contribution in [3.05, 3.63) is 23.5 Å². The molecule has 1 heterocycles. The van der Waals surface area contributed by atoms with Gasteiger partial charge in [-0.1, -0.05) is 0 Å². The second-order valence-electron chi connectivity index (χ2n) is 2.94. The molecule has 0 bridgehead atoms. The minimum Gasteiger partial charge on any atom is -0.379 e. The van der Waals surface area contributed by atoms with Crippen molar-refractivity contribution in [2.75, 3.05) is 6.26 Å². The summed E-state index contributed by atoms with van der Waals surface area (Å²) in [5, 5.41) is 8.55. The van der Waals surface area contributed by atoms with Gasteiger partial charge < -0.3 is 4.18 Å². The lowest BCUT2D eigenvalue weighted by atomic mass is 10.3.